The van der Waals surface area contributed by atoms with Gasteiger partial charge >= 0.3 is 5.97 Å². The van der Waals surface area contributed by atoms with Gasteiger partial charge in [0.25, 0.3) is 0 Å². The molecule has 0 atom stereocenters. The fourth-order valence-electron chi connectivity index (χ4n) is 3.24. The maximum atomic E-state index is 11.4. The highest BCUT2D eigenvalue weighted by molar-refractivity contribution is 7.21. The van der Waals surface area contributed by atoms with E-state index in [0.717, 1.165) is 67.1 Å². The summed E-state index contributed by atoms with van der Waals surface area (Å²) in [6.07, 6.45) is 1.79. The van der Waals surface area contributed by atoms with Crippen molar-refractivity contribution >= 4 is 44.9 Å². The van der Waals surface area contributed by atoms with Crippen LogP contribution < -0.4 is 10.6 Å². The molecule has 1 aliphatic heterocycles. The van der Waals surface area contributed by atoms with Gasteiger partial charge in [-0.05, 0) is 25.0 Å². The highest BCUT2D eigenvalue weighted by Crippen LogP contribution is 2.37. The first-order valence-corrected chi connectivity index (χ1v) is 9.24. The molecule has 0 aliphatic carbocycles. The number of amidine groups is 1. The van der Waals surface area contributed by atoms with Crippen LogP contribution in [-0.4, -0.2) is 53.0 Å². The van der Waals surface area contributed by atoms with Crippen LogP contribution in [0.3, 0.4) is 0 Å². The van der Waals surface area contributed by atoms with Crippen LogP contribution in [0.5, 0.6) is 0 Å². The van der Waals surface area contributed by atoms with E-state index in [1.165, 1.54) is 0 Å². The van der Waals surface area contributed by atoms with Gasteiger partial charge in [-0.25, -0.2) is 9.78 Å². The number of carboxylic acid groups (broad SMARTS) is 1. The minimum atomic E-state index is -1.00. The van der Waals surface area contributed by atoms with Crippen LogP contribution in [0.2, 0.25) is 0 Å². The molecular formula is C17H23N5O2S. The third-order valence-corrected chi connectivity index (χ3v) is 5.65. The molecule has 0 aromatic carbocycles. The molecule has 8 heteroatoms. The van der Waals surface area contributed by atoms with Gasteiger partial charge in [0.2, 0.25) is 0 Å². The van der Waals surface area contributed by atoms with Crippen molar-refractivity contribution in [3.63, 3.8) is 0 Å². The van der Waals surface area contributed by atoms with Crippen LogP contribution in [0.25, 0.3) is 10.2 Å². The van der Waals surface area contributed by atoms with Crippen molar-refractivity contribution in [2.24, 2.45) is 0 Å². The summed E-state index contributed by atoms with van der Waals surface area (Å²) in [4.78, 5) is 21.2. The minimum Gasteiger partial charge on any atom is -0.477 e. The SMILES string of the molecule is CCCc1cc(N2CCN(C(C)=N)CC2)nc2sc(C(=O)O)c(N)c12. The summed E-state index contributed by atoms with van der Waals surface area (Å²) in [5, 5.41) is 17.9. The Bertz CT molecular complexity index is 824. The van der Waals surface area contributed by atoms with Gasteiger partial charge in [-0.2, -0.15) is 0 Å². The van der Waals surface area contributed by atoms with Gasteiger partial charge < -0.3 is 20.6 Å². The summed E-state index contributed by atoms with van der Waals surface area (Å²) in [7, 11) is 0. The van der Waals surface area contributed by atoms with Gasteiger partial charge in [0, 0.05) is 31.6 Å². The molecule has 25 heavy (non-hydrogen) atoms. The molecule has 3 heterocycles. The molecule has 0 amide bonds. The Labute approximate surface area is 150 Å². The molecule has 3 rings (SSSR count). The molecule has 0 unspecified atom stereocenters. The molecule has 2 aromatic rings. The summed E-state index contributed by atoms with van der Waals surface area (Å²) in [5.74, 6) is 0.461. The van der Waals surface area contributed by atoms with E-state index in [1.54, 1.807) is 6.92 Å². The van der Waals surface area contributed by atoms with Crippen molar-refractivity contribution in [1.82, 2.24) is 9.88 Å². The maximum Gasteiger partial charge on any atom is 0.348 e. The summed E-state index contributed by atoms with van der Waals surface area (Å²) >= 11 is 1.15. The lowest BCUT2D eigenvalue weighted by Crippen LogP contribution is -2.48. The second-order valence-corrected chi connectivity index (χ2v) is 7.28. The Morgan fingerprint density at radius 3 is 2.64 bits per heavy atom. The fourth-order valence-corrected chi connectivity index (χ4v) is 4.22. The molecule has 4 N–H and O–H groups in total. The quantitative estimate of drug-likeness (QED) is 0.571. The Morgan fingerprint density at radius 2 is 2.08 bits per heavy atom. The number of nitrogen functional groups attached to an aromatic ring is 1. The number of carbonyl (C=O) groups is 1. The van der Waals surface area contributed by atoms with Gasteiger partial charge in [-0.3, -0.25) is 5.41 Å². The predicted octanol–water partition coefficient (Wildman–Crippen LogP) is 2.65. The van der Waals surface area contributed by atoms with Crippen molar-refractivity contribution < 1.29 is 9.90 Å². The van der Waals surface area contributed by atoms with E-state index >= 15 is 0 Å². The molecule has 1 fully saturated rings. The Hall–Kier alpha value is -2.35. The van der Waals surface area contributed by atoms with Gasteiger partial charge in [0.15, 0.2) is 0 Å². The fraction of sp³-hybridized carbons (Fsp3) is 0.471. The van der Waals surface area contributed by atoms with Crippen LogP contribution in [0.1, 0.15) is 35.5 Å². The van der Waals surface area contributed by atoms with Gasteiger partial charge in [-0.1, -0.05) is 13.3 Å². The van der Waals surface area contributed by atoms with Crippen LogP contribution in [0.15, 0.2) is 6.07 Å². The summed E-state index contributed by atoms with van der Waals surface area (Å²) in [5.41, 5.74) is 7.49. The van der Waals surface area contributed by atoms with Crippen LogP contribution in [0.4, 0.5) is 11.5 Å². The molecule has 2 aromatic heterocycles. The third kappa shape index (κ3) is 3.26. The van der Waals surface area contributed by atoms with Gasteiger partial charge in [0.1, 0.15) is 15.5 Å². The zero-order chi connectivity index (χ0) is 18.1. The molecule has 0 spiro atoms. The summed E-state index contributed by atoms with van der Waals surface area (Å²) in [6.45, 7) is 7.09. The van der Waals surface area contributed by atoms with Crippen LogP contribution in [-0.2, 0) is 6.42 Å². The second-order valence-electron chi connectivity index (χ2n) is 6.28. The number of thiophene rings is 1. The van der Waals surface area contributed by atoms with Crippen molar-refractivity contribution in [1.29, 1.82) is 5.41 Å². The largest absolute Gasteiger partial charge is 0.477 e. The molecule has 1 saturated heterocycles. The molecule has 0 saturated carbocycles. The second kappa shape index (κ2) is 6.87. The smallest absolute Gasteiger partial charge is 0.348 e. The van der Waals surface area contributed by atoms with E-state index in [-0.39, 0.29) is 4.88 Å². The standard InChI is InChI=1S/C17H23N5O2S/c1-3-4-11-9-12(22-7-5-21(6-8-22)10(2)18)20-16-13(11)14(19)15(25-16)17(23)24/h9,18H,3-8,19H2,1-2H3,(H,23,24). The van der Waals surface area contributed by atoms with E-state index in [0.29, 0.717) is 16.4 Å². The number of hydrogen-bond donors (Lipinski definition) is 3. The van der Waals surface area contributed by atoms with Gasteiger partial charge in [-0.15, -0.1) is 11.3 Å². The number of hydrogen-bond acceptors (Lipinski definition) is 6. The molecule has 7 nitrogen and oxygen atoms in total. The number of nitrogens with two attached hydrogens (primary N) is 1. The number of rotatable bonds is 4. The first-order chi connectivity index (χ1) is 11.9. The van der Waals surface area contributed by atoms with Crippen molar-refractivity contribution in [3.8, 4) is 0 Å². The van der Waals surface area contributed by atoms with Crippen molar-refractivity contribution in [2.75, 3.05) is 36.8 Å². The Morgan fingerprint density at radius 1 is 1.40 bits per heavy atom. The van der Waals surface area contributed by atoms with E-state index in [4.69, 9.17) is 16.1 Å². The monoisotopic (exact) mass is 361 g/mol. The molecule has 1 aliphatic rings. The average molecular weight is 361 g/mol. The predicted molar refractivity (Wildman–Crippen MR) is 102 cm³/mol. The number of aromatic carboxylic acids is 1. The Balaban J connectivity index is 2.00. The number of pyridine rings is 1. The molecule has 0 bridgehead atoms. The van der Waals surface area contributed by atoms with E-state index in [1.807, 2.05) is 11.0 Å². The number of nitrogens with one attached hydrogen (secondary N) is 1. The number of piperazine rings is 1. The van der Waals surface area contributed by atoms with E-state index in [2.05, 4.69) is 11.8 Å². The number of anilines is 2. The topological polar surface area (TPSA) is 107 Å². The minimum absolute atomic E-state index is 0.168. The van der Waals surface area contributed by atoms with Crippen molar-refractivity contribution in [2.45, 2.75) is 26.7 Å². The summed E-state index contributed by atoms with van der Waals surface area (Å²) < 4.78 is 0. The van der Waals surface area contributed by atoms with Crippen LogP contribution in [0, 0.1) is 5.41 Å². The summed E-state index contributed by atoms with van der Waals surface area (Å²) in [6, 6.07) is 2.05. The number of fused-ring (bicyclic) bond motifs is 1. The number of aromatic nitrogens is 1. The maximum absolute atomic E-state index is 11.4. The average Bonchev–Trinajstić information content (AvgIpc) is 2.92. The number of aryl methyl sites for hydroxylation is 1. The normalized spacial score (nSPS) is 15.0. The first kappa shape index (κ1) is 17.5. The zero-order valence-corrected chi connectivity index (χ0v) is 15.3. The lowest BCUT2D eigenvalue weighted by atomic mass is 10.1. The first-order valence-electron chi connectivity index (χ1n) is 8.42. The highest BCUT2D eigenvalue weighted by atomic mass is 32.1. The van der Waals surface area contributed by atoms with E-state index in [9.17, 15) is 9.90 Å². The van der Waals surface area contributed by atoms with Gasteiger partial charge in [0.05, 0.1) is 11.5 Å². The Kier molecular flexibility index (Phi) is 4.80. The van der Waals surface area contributed by atoms with Crippen molar-refractivity contribution in [3.05, 3.63) is 16.5 Å². The number of nitrogens with zero attached hydrogens (tertiary/aromatic N) is 3. The zero-order valence-electron chi connectivity index (χ0n) is 14.5. The third-order valence-electron chi connectivity index (χ3n) is 4.56. The van der Waals surface area contributed by atoms with Crippen LogP contribution >= 0.6 is 11.3 Å². The molecular weight excluding hydrogens is 338 g/mol. The highest BCUT2D eigenvalue weighted by Gasteiger charge is 2.23. The molecule has 134 valence electrons. The van der Waals surface area contributed by atoms with E-state index < -0.39 is 5.97 Å². The molecule has 0 radical (unpaired) electrons. The lowest BCUT2D eigenvalue weighted by molar-refractivity contribution is 0.0703. The lowest BCUT2D eigenvalue weighted by Gasteiger charge is -2.36. The number of carboxylic acids is 1.